The average Bonchev–Trinajstić information content (AvgIpc) is 2.24. The van der Waals surface area contributed by atoms with Gasteiger partial charge in [0.15, 0.2) is 11.9 Å². The number of aliphatic hydroxyl groups excluding tert-OH is 3. The topological polar surface area (TPSA) is 145 Å². The predicted molar refractivity (Wildman–Crippen MR) is 55.8 cm³/mol. The predicted octanol–water partition coefficient (Wildman–Crippen LogP) is -1.68. The molecule has 0 saturated heterocycles. The molecule has 0 heterocycles. The fourth-order valence-corrected chi connectivity index (χ4v) is 1.89. The second-order valence-corrected chi connectivity index (χ2v) is 4.51. The summed E-state index contributed by atoms with van der Waals surface area (Å²) in [4.78, 5) is 28.2. The molecule has 8 nitrogen and oxygen atoms in total. The molecule has 0 aromatic rings. The number of hydrogen-bond acceptors (Lipinski definition) is 6. The zero-order valence-electron chi connectivity index (χ0n) is 8.84. The number of carbonyl (C=O) groups is 1. The molecule has 9 heteroatoms. The highest BCUT2D eigenvalue weighted by molar-refractivity contribution is 7.46. The lowest BCUT2D eigenvalue weighted by atomic mass is 9.91. The lowest BCUT2D eigenvalue weighted by molar-refractivity contribution is -0.149. The summed E-state index contributed by atoms with van der Waals surface area (Å²) in [6, 6.07) is 0. The summed E-state index contributed by atoms with van der Waals surface area (Å²) in [5.41, 5.74) is -2.36. The fourth-order valence-electron chi connectivity index (χ4n) is 1.22. The molecular weight excluding hydrogens is 255 g/mol. The molecule has 0 aliphatic heterocycles. The summed E-state index contributed by atoms with van der Waals surface area (Å²) in [5.74, 6) is 0. The van der Waals surface area contributed by atoms with E-state index in [0.717, 1.165) is 6.08 Å². The van der Waals surface area contributed by atoms with Gasteiger partial charge in [-0.15, -0.1) is 6.58 Å². The van der Waals surface area contributed by atoms with Crippen LogP contribution in [-0.2, 0) is 13.9 Å². The maximum absolute atomic E-state index is 10.9. The zero-order chi connectivity index (χ0) is 13.7. The smallest absolute Gasteiger partial charge is 0.394 e. The van der Waals surface area contributed by atoms with Crippen LogP contribution in [0.2, 0.25) is 0 Å². The van der Waals surface area contributed by atoms with Crippen molar-refractivity contribution < 1.29 is 39.0 Å². The van der Waals surface area contributed by atoms with Crippen LogP contribution < -0.4 is 0 Å². The van der Waals surface area contributed by atoms with Crippen LogP contribution in [-0.4, -0.2) is 55.8 Å². The number of aldehydes is 1. The Labute approximate surface area is 97.4 Å². The van der Waals surface area contributed by atoms with Crippen LogP contribution in [0.4, 0.5) is 0 Å². The summed E-state index contributed by atoms with van der Waals surface area (Å²) in [5, 5.41) is 27.4. The van der Waals surface area contributed by atoms with Gasteiger partial charge in [-0.25, -0.2) is 4.57 Å². The Morgan fingerprint density at radius 1 is 1.41 bits per heavy atom. The Morgan fingerprint density at radius 2 is 1.94 bits per heavy atom. The van der Waals surface area contributed by atoms with E-state index in [9.17, 15) is 19.6 Å². The van der Waals surface area contributed by atoms with Crippen molar-refractivity contribution >= 4 is 14.1 Å². The highest BCUT2D eigenvalue weighted by atomic mass is 31.2. The normalized spacial score (nSPS) is 19.1. The summed E-state index contributed by atoms with van der Waals surface area (Å²) in [6.07, 6.45) is -3.20. The molecule has 0 aromatic carbocycles. The van der Waals surface area contributed by atoms with E-state index in [0.29, 0.717) is 0 Å². The molecular formula is C8H15O8P. The number of carbonyl (C=O) groups excluding carboxylic acids is 1. The molecule has 0 aliphatic rings. The van der Waals surface area contributed by atoms with Crippen molar-refractivity contribution in [3.05, 3.63) is 12.7 Å². The van der Waals surface area contributed by atoms with Crippen molar-refractivity contribution in [2.24, 2.45) is 0 Å². The van der Waals surface area contributed by atoms with Crippen LogP contribution in [0.1, 0.15) is 6.42 Å². The molecule has 0 rings (SSSR count). The molecule has 0 amide bonds. The quantitative estimate of drug-likeness (QED) is 0.200. The minimum absolute atomic E-state index is 0.0443. The van der Waals surface area contributed by atoms with Crippen molar-refractivity contribution in [2.45, 2.75) is 24.2 Å². The molecule has 17 heavy (non-hydrogen) atoms. The van der Waals surface area contributed by atoms with Crippen LogP contribution in [0, 0.1) is 0 Å². The van der Waals surface area contributed by atoms with E-state index in [4.69, 9.17) is 14.9 Å². The van der Waals surface area contributed by atoms with E-state index in [-0.39, 0.29) is 6.29 Å². The minimum Gasteiger partial charge on any atom is -0.394 e. The van der Waals surface area contributed by atoms with Gasteiger partial charge in [-0.1, -0.05) is 6.08 Å². The molecule has 5 N–H and O–H groups in total. The summed E-state index contributed by atoms with van der Waals surface area (Å²) < 4.78 is 14.9. The summed E-state index contributed by atoms with van der Waals surface area (Å²) >= 11 is 0. The molecule has 0 aromatic heterocycles. The maximum Gasteiger partial charge on any atom is 0.470 e. The minimum atomic E-state index is -5.07. The van der Waals surface area contributed by atoms with Gasteiger partial charge in [-0.3, -0.25) is 9.32 Å². The van der Waals surface area contributed by atoms with Gasteiger partial charge in [0.2, 0.25) is 0 Å². The van der Waals surface area contributed by atoms with Crippen molar-refractivity contribution in [3.8, 4) is 0 Å². The molecule has 0 fully saturated rings. The molecule has 0 unspecified atom stereocenters. The molecule has 100 valence electrons. The van der Waals surface area contributed by atoms with Gasteiger partial charge in [-0.05, 0) is 0 Å². The Hall–Kier alpha value is -0.600. The van der Waals surface area contributed by atoms with Gasteiger partial charge in [0.1, 0.15) is 12.2 Å². The highest BCUT2D eigenvalue weighted by Gasteiger charge is 2.46. The Kier molecular flexibility index (Phi) is 6.14. The van der Waals surface area contributed by atoms with E-state index < -0.39 is 38.7 Å². The van der Waals surface area contributed by atoms with E-state index >= 15 is 0 Å². The Balaban J connectivity index is 5.26. The second kappa shape index (κ2) is 6.36. The molecule has 0 saturated carbocycles. The van der Waals surface area contributed by atoms with Crippen molar-refractivity contribution in [1.29, 1.82) is 0 Å². The molecule has 0 aliphatic carbocycles. The first-order valence-electron chi connectivity index (χ1n) is 4.53. The highest BCUT2D eigenvalue weighted by Crippen LogP contribution is 2.43. The van der Waals surface area contributed by atoms with E-state index in [1.807, 2.05) is 0 Å². The van der Waals surface area contributed by atoms with Crippen LogP contribution in [0.25, 0.3) is 0 Å². The molecule has 0 radical (unpaired) electrons. The third-order valence-corrected chi connectivity index (χ3v) is 2.58. The third-order valence-electron chi connectivity index (χ3n) is 2.00. The lowest BCUT2D eigenvalue weighted by Crippen LogP contribution is -2.52. The van der Waals surface area contributed by atoms with Gasteiger partial charge >= 0.3 is 7.82 Å². The van der Waals surface area contributed by atoms with Gasteiger partial charge < -0.3 is 25.1 Å². The van der Waals surface area contributed by atoms with Crippen molar-refractivity contribution in [3.63, 3.8) is 0 Å². The maximum atomic E-state index is 10.9. The first-order chi connectivity index (χ1) is 7.72. The van der Waals surface area contributed by atoms with Crippen LogP contribution >= 0.6 is 7.82 Å². The monoisotopic (exact) mass is 270 g/mol. The number of phosphoric ester groups is 1. The molecule has 3 atom stereocenters. The number of hydrogen-bond donors (Lipinski definition) is 5. The first kappa shape index (κ1) is 16.4. The second-order valence-electron chi connectivity index (χ2n) is 3.34. The van der Waals surface area contributed by atoms with Gasteiger partial charge in [0.25, 0.3) is 0 Å². The van der Waals surface area contributed by atoms with E-state index in [2.05, 4.69) is 11.1 Å². The largest absolute Gasteiger partial charge is 0.470 e. The lowest BCUT2D eigenvalue weighted by Gasteiger charge is -2.33. The third kappa shape index (κ3) is 4.64. The van der Waals surface area contributed by atoms with Crippen LogP contribution in [0.3, 0.4) is 0 Å². The van der Waals surface area contributed by atoms with E-state index in [1.165, 1.54) is 0 Å². The van der Waals surface area contributed by atoms with Crippen LogP contribution in [0.5, 0.6) is 0 Å². The van der Waals surface area contributed by atoms with Crippen molar-refractivity contribution in [1.82, 2.24) is 0 Å². The summed E-state index contributed by atoms with van der Waals surface area (Å²) in [7, 11) is -5.07. The molecule has 0 bridgehead atoms. The SMILES string of the molecule is C=CC[C@@](C=O)(OP(=O)(O)O)[C@H](O)[C@H](O)CO. The number of rotatable bonds is 8. The first-order valence-corrected chi connectivity index (χ1v) is 6.06. The van der Waals surface area contributed by atoms with Crippen molar-refractivity contribution in [2.75, 3.05) is 6.61 Å². The number of aliphatic hydroxyl groups is 3. The zero-order valence-corrected chi connectivity index (χ0v) is 9.73. The fraction of sp³-hybridized carbons (Fsp3) is 0.625. The van der Waals surface area contributed by atoms with Gasteiger partial charge in [0.05, 0.1) is 6.61 Å². The standard InChI is InChI=1S/C8H15O8P/c1-2-3-8(5-10,16-17(13,14)15)7(12)6(11)4-9/h2,5-7,9,11-12H,1,3-4H2,(H2,13,14,15)/t6-,7-,8+/m1/s1. The van der Waals surface area contributed by atoms with E-state index in [1.54, 1.807) is 0 Å². The Morgan fingerprint density at radius 3 is 2.24 bits per heavy atom. The Bertz CT molecular complexity index is 313. The average molecular weight is 270 g/mol. The molecule has 0 spiro atoms. The van der Waals surface area contributed by atoms with Gasteiger partial charge in [0, 0.05) is 6.42 Å². The number of phosphoric acid groups is 1. The van der Waals surface area contributed by atoms with Crippen LogP contribution in [0.15, 0.2) is 12.7 Å². The summed E-state index contributed by atoms with van der Waals surface area (Å²) in [6.45, 7) is 2.34. The van der Waals surface area contributed by atoms with Gasteiger partial charge in [-0.2, -0.15) is 0 Å².